The first-order valence-electron chi connectivity index (χ1n) is 6.83. The van der Waals surface area contributed by atoms with E-state index in [9.17, 15) is 14.4 Å². The molecule has 1 heterocycles. The molecule has 0 saturated heterocycles. The second-order valence-electron chi connectivity index (χ2n) is 5.16. The van der Waals surface area contributed by atoms with Crippen molar-refractivity contribution in [2.75, 3.05) is 7.11 Å². The molecule has 0 radical (unpaired) electrons. The number of hydrogen-bond donors (Lipinski definition) is 1. The lowest BCUT2D eigenvalue weighted by Gasteiger charge is -2.35. The Hall–Kier alpha value is -2.63. The van der Waals surface area contributed by atoms with Crippen LogP contribution in [0.5, 0.6) is 0 Å². The van der Waals surface area contributed by atoms with Gasteiger partial charge in [-0.25, -0.2) is 9.59 Å². The number of esters is 1. The molecule has 0 bridgehead atoms. The van der Waals surface area contributed by atoms with Gasteiger partial charge in [0, 0.05) is 12.6 Å². The van der Waals surface area contributed by atoms with Crippen LogP contribution < -0.4 is 5.32 Å². The first kappa shape index (κ1) is 15.8. The molecule has 3 amide bonds. The van der Waals surface area contributed by atoms with Crippen LogP contribution in [-0.4, -0.2) is 29.9 Å². The van der Waals surface area contributed by atoms with Gasteiger partial charge in [-0.3, -0.25) is 9.69 Å². The van der Waals surface area contributed by atoms with Crippen molar-refractivity contribution in [2.45, 2.75) is 26.8 Å². The number of urea groups is 1. The number of methoxy groups -OCH3 is 1. The first-order chi connectivity index (χ1) is 10.4. The average molecular weight is 302 g/mol. The highest BCUT2D eigenvalue weighted by Gasteiger charge is 2.40. The van der Waals surface area contributed by atoms with E-state index in [0.717, 1.165) is 10.5 Å². The molecule has 0 unspecified atom stereocenters. The molecule has 116 valence electrons. The van der Waals surface area contributed by atoms with E-state index in [2.05, 4.69) is 5.32 Å². The van der Waals surface area contributed by atoms with E-state index < -0.39 is 23.9 Å². The summed E-state index contributed by atoms with van der Waals surface area (Å²) in [7, 11) is 1.27. The van der Waals surface area contributed by atoms with Crippen LogP contribution in [0.1, 0.15) is 31.0 Å². The van der Waals surface area contributed by atoms with Gasteiger partial charge in [-0.05, 0) is 19.4 Å². The molecule has 0 fully saturated rings. The Morgan fingerprint density at radius 2 is 1.77 bits per heavy atom. The summed E-state index contributed by atoms with van der Waals surface area (Å²) in [5.41, 5.74) is 2.36. The molecule has 1 atom stereocenters. The molecule has 1 aliphatic heterocycles. The number of allylic oxidation sites excluding steroid dienone is 1. The smallest absolute Gasteiger partial charge is 0.337 e. The Bertz CT molecular complexity index is 661. The molecule has 0 aromatic heterocycles. The summed E-state index contributed by atoms with van der Waals surface area (Å²) in [5, 5.41) is 2.53. The molecule has 6 nitrogen and oxygen atoms in total. The minimum Gasteiger partial charge on any atom is -0.466 e. The minimum absolute atomic E-state index is 0.251. The zero-order chi connectivity index (χ0) is 16.4. The van der Waals surface area contributed by atoms with Gasteiger partial charge in [0.2, 0.25) is 5.91 Å². The average Bonchev–Trinajstić information content (AvgIpc) is 2.46. The van der Waals surface area contributed by atoms with Crippen molar-refractivity contribution in [1.29, 1.82) is 0 Å². The summed E-state index contributed by atoms with van der Waals surface area (Å²) in [6.45, 7) is 4.83. The van der Waals surface area contributed by atoms with Crippen LogP contribution in [0.25, 0.3) is 0 Å². The van der Waals surface area contributed by atoms with Crippen LogP contribution in [-0.2, 0) is 14.3 Å². The first-order valence-corrected chi connectivity index (χ1v) is 6.83. The van der Waals surface area contributed by atoms with Gasteiger partial charge in [0.05, 0.1) is 12.7 Å². The van der Waals surface area contributed by atoms with Crippen molar-refractivity contribution in [2.24, 2.45) is 0 Å². The topological polar surface area (TPSA) is 75.7 Å². The van der Waals surface area contributed by atoms with Crippen molar-refractivity contribution in [3.63, 3.8) is 0 Å². The number of nitrogens with one attached hydrogen (secondary N) is 1. The zero-order valence-electron chi connectivity index (χ0n) is 13.0. The minimum atomic E-state index is -0.792. The van der Waals surface area contributed by atoms with Crippen LogP contribution in [0.3, 0.4) is 0 Å². The predicted molar refractivity (Wildman–Crippen MR) is 79.7 cm³/mol. The van der Waals surface area contributed by atoms with Crippen LogP contribution in [0.2, 0.25) is 0 Å². The Morgan fingerprint density at radius 3 is 2.27 bits per heavy atom. The summed E-state index contributed by atoms with van der Waals surface area (Å²) in [5.74, 6) is -1.02. The Labute approximate surface area is 128 Å². The van der Waals surface area contributed by atoms with Crippen molar-refractivity contribution < 1.29 is 19.1 Å². The van der Waals surface area contributed by atoms with Gasteiger partial charge < -0.3 is 10.1 Å². The molecule has 6 heteroatoms. The Morgan fingerprint density at radius 1 is 1.18 bits per heavy atom. The number of rotatable bonds is 2. The van der Waals surface area contributed by atoms with Crippen molar-refractivity contribution in [3.05, 3.63) is 46.7 Å². The van der Waals surface area contributed by atoms with Gasteiger partial charge in [-0.15, -0.1) is 0 Å². The number of carbonyl (C=O) groups is 3. The van der Waals surface area contributed by atoms with Gasteiger partial charge in [-0.2, -0.15) is 0 Å². The number of imide groups is 1. The molecule has 1 N–H and O–H groups in total. The second-order valence-corrected chi connectivity index (χ2v) is 5.16. The van der Waals surface area contributed by atoms with E-state index >= 15 is 0 Å². The van der Waals surface area contributed by atoms with Crippen molar-refractivity contribution in [3.8, 4) is 0 Å². The third-order valence-corrected chi connectivity index (χ3v) is 3.59. The third-order valence-electron chi connectivity index (χ3n) is 3.59. The SMILES string of the molecule is COC(=O)C1=C(C)NC(=O)N(C(C)=O)[C@@H]1c1ccc(C)cc1. The third kappa shape index (κ3) is 2.72. The molecule has 1 aliphatic rings. The van der Waals surface area contributed by atoms with Crippen molar-refractivity contribution >= 4 is 17.9 Å². The summed E-state index contributed by atoms with van der Waals surface area (Å²) >= 11 is 0. The Kier molecular flexibility index (Phi) is 4.30. The van der Waals surface area contributed by atoms with E-state index in [-0.39, 0.29) is 5.57 Å². The summed E-state index contributed by atoms with van der Waals surface area (Å²) in [6.07, 6.45) is 0. The highest BCUT2D eigenvalue weighted by Crippen LogP contribution is 2.34. The molecule has 0 spiro atoms. The predicted octanol–water partition coefficient (Wildman–Crippen LogP) is 2.05. The van der Waals surface area contributed by atoms with Crippen LogP contribution in [0.4, 0.5) is 4.79 Å². The van der Waals surface area contributed by atoms with E-state index in [0.29, 0.717) is 11.3 Å². The number of aryl methyl sites for hydroxylation is 1. The quantitative estimate of drug-likeness (QED) is 0.848. The molecule has 22 heavy (non-hydrogen) atoms. The highest BCUT2D eigenvalue weighted by molar-refractivity contribution is 6.01. The van der Waals surface area contributed by atoms with E-state index in [4.69, 9.17) is 4.74 Å². The van der Waals surface area contributed by atoms with Crippen LogP contribution in [0.15, 0.2) is 35.5 Å². The maximum atomic E-state index is 12.2. The second kappa shape index (κ2) is 6.01. The van der Waals surface area contributed by atoms with Gasteiger partial charge >= 0.3 is 12.0 Å². The summed E-state index contributed by atoms with van der Waals surface area (Å²) < 4.78 is 4.81. The van der Waals surface area contributed by atoms with Gasteiger partial charge in [0.25, 0.3) is 0 Å². The van der Waals surface area contributed by atoms with E-state index in [1.807, 2.05) is 19.1 Å². The van der Waals surface area contributed by atoms with E-state index in [1.165, 1.54) is 14.0 Å². The van der Waals surface area contributed by atoms with Gasteiger partial charge in [-0.1, -0.05) is 29.8 Å². The van der Waals surface area contributed by atoms with E-state index in [1.54, 1.807) is 19.1 Å². The molecule has 1 aromatic carbocycles. The summed E-state index contributed by atoms with van der Waals surface area (Å²) in [6, 6.07) is 5.98. The molecular formula is C16H18N2O4. The lowest BCUT2D eigenvalue weighted by atomic mass is 9.93. The molecule has 0 saturated carbocycles. The number of carbonyl (C=O) groups excluding carboxylic acids is 3. The largest absolute Gasteiger partial charge is 0.466 e. The number of ether oxygens (including phenoxy) is 1. The van der Waals surface area contributed by atoms with Gasteiger partial charge in [0.1, 0.15) is 6.04 Å². The number of amides is 3. The summed E-state index contributed by atoms with van der Waals surface area (Å²) in [4.78, 5) is 37.2. The fourth-order valence-electron chi connectivity index (χ4n) is 2.50. The fourth-order valence-corrected chi connectivity index (χ4v) is 2.50. The highest BCUT2D eigenvalue weighted by atomic mass is 16.5. The monoisotopic (exact) mass is 302 g/mol. The maximum Gasteiger partial charge on any atom is 0.337 e. The lowest BCUT2D eigenvalue weighted by Crippen LogP contribution is -2.50. The number of nitrogens with zero attached hydrogens (tertiary/aromatic N) is 1. The van der Waals surface area contributed by atoms with Crippen LogP contribution >= 0.6 is 0 Å². The Balaban J connectivity index is 2.64. The maximum absolute atomic E-state index is 12.2. The zero-order valence-corrected chi connectivity index (χ0v) is 13.0. The van der Waals surface area contributed by atoms with Crippen LogP contribution in [0, 0.1) is 6.92 Å². The molecular weight excluding hydrogens is 284 g/mol. The fraction of sp³-hybridized carbons (Fsp3) is 0.312. The lowest BCUT2D eigenvalue weighted by molar-refractivity contribution is -0.137. The number of benzene rings is 1. The standard InChI is InChI=1S/C16H18N2O4/c1-9-5-7-12(8-6-9)14-13(15(20)22-4)10(2)17-16(21)18(14)11(3)19/h5-8,14H,1-4H3,(H,17,21)/t14-/m1/s1. The van der Waals surface area contributed by atoms with Crippen molar-refractivity contribution in [1.82, 2.24) is 10.2 Å². The molecule has 0 aliphatic carbocycles. The van der Waals surface area contributed by atoms with Gasteiger partial charge in [0.15, 0.2) is 0 Å². The number of hydrogen-bond acceptors (Lipinski definition) is 4. The normalized spacial score (nSPS) is 18.1. The molecule has 1 aromatic rings. The molecule has 2 rings (SSSR count).